The summed E-state index contributed by atoms with van der Waals surface area (Å²) in [5, 5.41) is 12.4. The Hall–Kier alpha value is -3.41. The van der Waals surface area contributed by atoms with Crippen molar-refractivity contribution in [2.24, 2.45) is 0 Å². The van der Waals surface area contributed by atoms with Gasteiger partial charge in [0.2, 0.25) is 0 Å². The second-order valence-electron chi connectivity index (χ2n) is 6.02. The molecule has 2 aromatic carbocycles. The molecule has 0 radical (unpaired) electrons. The molecule has 0 aliphatic carbocycles. The smallest absolute Gasteiger partial charge is 0.258 e. The van der Waals surface area contributed by atoms with E-state index in [2.05, 4.69) is 11.9 Å². The molecule has 2 aromatic rings. The van der Waals surface area contributed by atoms with Gasteiger partial charge in [-0.05, 0) is 43.3 Å². The van der Waals surface area contributed by atoms with Gasteiger partial charge >= 0.3 is 0 Å². The third kappa shape index (κ3) is 3.74. The largest absolute Gasteiger partial charge is 0.508 e. The summed E-state index contributed by atoms with van der Waals surface area (Å²) in [7, 11) is 0. The Balaban J connectivity index is 2.00. The number of carbonyl (C=O) groups is 1. The van der Waals surface area contributed by atoms with Crippen LogP contribution in [0.25, 0.3) is 0 Å². The SMILES string of the molecule is C=C1/C(=C\C=C/C)C(Nc2cc(F)cc(F)c2)C(=O)N1c1ccc(O)cc1. The molecule has 6 heteroatoms. The first-order valence-corrected chi connectivity index (χ1v) is 8.28. The Kier molecular flexibility index (Phi) is 5.07. The summed E-state index contributed by atoms with van der Waals surface area (Å²) in [6.07, 6.45) is 5.29. The molecule has 1 heterocycles. The van der Waals surface area contributed by atoms with Gasteiger partial charge in [0.25, 0.3) is 5.91 Å². The van der Waals surface area contributed by atoms with Crippen molar-refractivity contribution >= 4 is 17.3 Å². The zero-order chi connectivity index (χ0) is 19.6. The lowest BCUT2D eigenvalue weighted by Gasteiger charge is -2.17. The topological polar surface area (TPSA) is 52.6 Å². The van der Waals surface area contributed by atoms with Gasteiger partial charge in [0, 0.05) is 28.7 Å². The van der Waals surface area contributed by atoms with E-state index in [9.17, 15) is 18.7 Å². The molecule has 27 heavy (non-hydrogen) atoms. The number of hydrogen-bond acceptors (Lipinski definition) is 3. The predicted octanol–water partition coefficient (Wildman–Crippen LogP) is 4.51. The third-order valence-corrected chi connectivity index (χ3v) is 4.13. The first-order valence-electron chi connectivity index (χ1n) is 8.28. The van der Waals surface area contributed by atoms with Crippen molar-refractivity contribution < 1.29 is 18.7 Å². The quantitative estimate of drug-likeness (QED) is 0.835. The van der Waals surface area contributed by atoms with Gasteiger partial charge in [0.05, 0.1) is 0 Å². The molecule has 0 spiro atoms. The number of nitrogens with zero attached hydrogens (tertiary/aromatic N) is 1. The molecule has 4 nitrogen and oxygen atoms in total. The lowest BCUT2D eigenvalue weighted by Crippen LogP contribution is -2.33. The molecule has 1 atom stereocenters. The third-order valence-electron chi connectivity index (χ3n) is 4.13. The van der Waals surface area contributed by atoms with Gasteiger partial charge in [-0.25, -0.2) is 8.78 Å². The molecule has 0 saturated carbocycles. The van der Waals surface area contributed by atoms with E-state index < -0.39 is 17.7 Å². The number of aromatic hydroxyl groups is 1. The molecule has 1 amide bonds. The van der Waals surface area contributed by atoms with Crippen LogP contribution in [-0.4, -0.2) is 17.1 Å². The normalized spacial score (nSPS) is 18.7. The molecule has 2 N–H and O–H groups in total. The van der Waals surface area contributed by atoms with Gasteiger partial charge in [0.1, 0.15) is 23.4 Å². The van der Waals surface area contributed by atoms with Crippen LogP contribution in [0.4, 0.5) is 20.2 Å². The maximum absolute atomic E-state index is 13.5. The minimum Gasteiger partial charge on any atom is -0.508 e. The standard InChI is InChI=1S/C21H18F2N2O2/c1-3-4-5-19-13(2)25(17-6-8-18(26)9-7-17)21(27)20(19)24-16-11-14(22)10-15(23)12-16/h3-12,20,24,26H,2H2,1H3/b4-3-,19-5+. The number of phenolic OH excluding ortho intramolecular Hbond substituents is 1. The van der Waals surface area contributed by atoms with E-state index >= 15 is 0 Å². The van der Waals surface area contributed by atoms with E-state index in [0.29, 0.717) is 17.0 Å². The molecular formula is C21H18F2N2O2. The van der Waals surface area contributed by atoms with Crippen molar-refractivity contribution in [3.8, 4) is 5.75 Å². The first kappa shape index (κ1) is 18.4. The molecule has 3 rings (SSSR count). The Bertz CT molecular complexity index is 929. The van der Waals surface area contributed by atoms with Crippen LogP contribution in [0.5, 0.6) is 5.75 Å². The molecule has 0 bridgehead atoms. The average Bonchev–Trinajstić information content (AvgIpc) is 2.83. The Morgan fingerprint density at radius 3 is 2.37 bits per heavy atom. The second-order valence-corrected chi connectivity index (χ2v) is 6.02. The number of anilines is 2. The van der Waals surface area contributed by atoms with Crippen molar-refractivity contribution in [3.05, 3.63) is 90.2 Å². The van der Waals surface area contributed by atoms with Gasteiger partial charge in [0.15, 0.2) is 0 Å². The second kappa shape index (κ2) is 7.45. The van der Waals surface area contributed by atoms with Gasteiger partial charge in [-0.2, -0.15) is 0 Å². The summed E-state index contributed by atoms with van der Waals surface area (Å²) in [6.45, 7) is 5.83. The molecule has 1 unspecified atom stereocenters. The highest BCUT2D eigenvalue weighted by Gasteiger charge is 2.40. The highest BCUT2D eigenvalue weighted by molar-refractivity contribution is 6.09. The maximum atomic E-state index is 13.5. The first-order chi connectivity index (χ1) is 12.9. The van der Waals surface area contributed by atoms with E-state index in [1.54, 1.807) is 30.4 Å². The number of halogens is 2. The number of phenols is 1. The molecule has 1 aliphatic heterocycles. The van der Waals surface area contributed by atoms with E-state index in [1.807, 2.05) is 6.92 Å². The Morgan fingerprint density at radius 1 is 1.15 bits per heavy atom. The fraction of sp³-hybridized carbons (Fsp3) is 0.0952. The van der Waals surface area contributed by atoms with Crippen molar-refractivity contribution in [2.45, 2.75) is 13.0 Å². The summed E-state index contributed by atoms with van der Waals surface area (Å²) in [6, 6.07) is 8.27. The molecule has 1 aliphatic rings. The zero-order valence-corrected chi connectivity index (χ0v) is 14.6. The van der Waals surface area contributed by atoms with Crippen LogP contribution in [0, 0.1) is 11.6 Å². The van der Waals surface area contributed by atoms with E-state index in [4.69, 9.17) is 0 Å². The summed E-state index contributed by atoms with van der Waals surface area (Å²) in [5.74, 6) is -1.75. The minimum absolute atomic E-state index is 0.0746. The van der Waals surface area contributed by atoms with Gasteiger partial charge in [-0.1, -0.05) is 24.8 Å². The number of allylic oxidation sites excluding steroid dienone is 3. The number of hydrogen-bond donors (Lipinski definition) is 2. The minimum atomic E-state index is -0.858. The van der Waals surface area contributed by atoms with Gasteiger partial charge in [-0.15, -0.1) is 0 Å². The van der Waals surface area contributed by atoms with Crippen molar-refractivity contribution in [2.75, 3.05) is 10.2 Å². The fourth-order valence-electron chi connectivity index (χ4n) is 2.91. The molecule has 0 aromatic heterocycles. The fourth-order valence-corrected chi connectivity index (χ4v) is 2.91. The van der Waals surface area contributed by atoms with E-state index in [0.717, 1.165) is 18.2 Å². The summed E-state index contributed by atoms with van der Waals surface area (Å²) < 4.78 is 27.0. The monoisotopic (exact) mass is 368 g/mol. The lowest BCUT2D eigenvalue weighted by atomic mass is 10.1. The zero-order valence-electron chi connectivity index (χ0n) is 14.6. The lowest BCUT2D eigenvalue weighted by molar-refractivity contribution is -0.117. The average molecular weight is 368 g/mol. The van der Waals surface area contributed by atoms with E-state index in [1.165, 1.54) is 17.0 Å². The maximum Gasteiger partial charge on any atom is 0.258 e. The molecule has 1 saturated heterocycles. The van der Waals surface area contributed by atoms with Crippen LogP contribution in [0.2, 0.25) is 0 Å². The van der Waals surface area contributed by atoms with Crippen LogP contribution in [0.15, 0.2) is 78.5 Å². The van der Waals surface area contributed by atoms with Crippen LogP contribution in [0.1, 0.15) is 6.92 Å². The number of nitrogens with one attached hydrogen (secondary N) is 1. The number of benzene rings is 2. The number of carbonyl (C=O) groups excluding carboxylic acids is 1. The highest BCUT2D eigenvalue weighted by Crippen LogP contribution is 2.35. The van der Waals surface area contributed by atoms with Crippen LogP contribution in [-0.2, 0) is 4.79 Å². The summed E-state index contributed by atoms with van der Waals surface area (Å²) >= 11 is 0. The van der Waals surface area contributed by atoms with E-state index in [-0.39, 0.29) is 17.3 Å². The van der Waals surface area contributed by atoms with Gasteiger partial charge in [-0.3, -0.25) is 9.69 Å². The Morgan fingerprint density at radius 2 is 1.78 bits per heavy atom. The summed E-state index contributed by atoms with van der Waals surface area (Å²) in [5.41, 5.74) is 1.70. The van der Waals surface area contributed by atoms with Crippen molar-refractivity contribution in [3.63, 3.8) is 0 Å². The van der Waals surface area contributed by atoms with Crippen molar-refractivity contribution in [1.29, 1.82) is 0 Å². The summed E-state index contributed by atoms with van der Waals surface area (Å²) in [4.78, 5) is 14.4. The predicted molar refractivity (Wildman–Crippen MR) is 101 cm³/mol. The van der Waals surface area contributed by atoms with Crippen molar-refractivity contribution in [1.82, 2.24) is 0 Å². The van der Waals surface area contributed by atoms with Crippen LogP contribution >= 0.6 is 0 Å². The number of amides is 1. The van der Waals surface area contributed by atoms with Gasteiger partial charge < -0.3 is 10.4 Å². The number of rotatable bonds is 4. The molecule has 138 valence electrons. The molecular weight excluding hydrogens is 350 g/mol. The highest BCUT2D eigenvalue weighted by atomic mass is 19.1. The van der Waals surface area contributed by atoms with Crippen LogP contribution < -0.4 is 10.2 Å². The molecule has 1 fully saturated rings. The van der Waals surface area contributed by atoms with Crippen LogP contribution in [0.3, 0.4) is 0 Å². The Labute approximate surface area is 155 Å².